The van der Waals surface area contributed by atoms with Gasteiger partial charge in [0.25, 0.3) is 0 Å². The van der Waals surface area contributed by atoms with E-state index in [0.717, 1.165) is 10.7 Å². The standard InChI is InChI=1S/C9H12ClNS/c1-7(2)12-11-9-5-3-4-8(10)6-9/h3-7,11H,1-2H3. The Morgan fingerprint density at radius 1 is 1.42 bits per heavy atom. The summed E-state index contributed by atoms with van der Waals surface area (Å²) < 4.78 is 3.22. The van der Waals surface area contributed by atoms with Crippen molar-refractivity contribution in [3.8, 4) is 0 Å². The number of halogens is 1. The van der Waals surface area contributed by atoms with Gasteiger partial charge in [-0.25, -0.2) is 0 Å². The van der Waals surface area contributed by atoms with Gasteiger partial charge in [-0.2, -0.15) is 0 Å². The van der Waals surface area contributed by atoms with E-state index in [2.05, 4.69) is 18.6 Å². The molecule has 0 aliphatic heterocycles. The SMILES string of the molecule is CC(C)SNc1cccc(Cl)c1. The summed E-state index contributed by atoms with van der Waals surface area (Å²) >= 11 is 7.50. The molecule has 0 aliphatic rings. The van der Waals surface area contributed by atoms with Gasteiger partial charge in [0.2, 0.25) is 0 Å². The first-order chi connectivity index (χ1) is 5.68. The van der Waals surface area contributed by atoms with E-state index in [9.17, 15) is 0 Å². The molecular formula is C9H12ClNS. The topological polar surface area (TPSA) is 12.0 Å². The Hall–Kier alpha value is -0.340. The highest BCUT2D eigenvalue weighted by molar-refractivity contribution is 8.01. The number of hydrogen-bond donors (Lipinski definition) is 1. The molecule has 0 amide bonds. The second-order valence-corrected chi connectivity index (χ2v) is 4.60. The van der Waals surface area contributed by atoms with Crippen LogP contribution in [0.5, 0.6) is 0 Å². The lowest BCUT2D eigenvalue weighted by Gasteiger charge is -2.07. The third-order valence-corrected chi connectivity index (χ3v) is 2.30. The Balaban J connectivity index is 2.52. The van der Waals surface area contributed by atoms with Crippen molar-refractivity contribution >= 4 is 29.2 Å². The van der Waals surface area contributed by atoms with Gasteiger partial charge in [0.1, 0.15) is 0 Å². The van der Waals surface area contributed by atoms with Crippen molar-refractivity contribution in [1.29, 1.82) is 0 Å². The minimum Gasteiger partial charge on any atom is -0.329 e. The third-order valence-electron chi connectivity index (χ3n) is 1.24. The van der Waals surface area contributed by atoms with Crippen LogP contribution in [0.15, 0.2) is 24.3 Å². The van der Waals surface area contributed by atoms with Crippen molar-refractivity contribution in [2.75, 3.05) is 4.72 Å². The predicted molar refractivity (Wildman–Crippen MR) is 57.8 cm³/mol. The van der Waals surface area contributed by atoms with Crippen LogP contribution in [-0.4, -0.2) is 5.25 Å². The maximum atomic E-state index is 5.81. The lowest BCUT2D eigenvalue weighted by Crippen LogP contribution is -1.94. The molecule has 0 atom stereocenters. The summed E-state index contributed by atoms with van der Waals surface area (Å²) in [4.78, 5) is 0. The molecule has 0 bridgehead atoms. The molecule has 0 fully saturated rings. The van der Waals surface area contributed by atoms with E-state index in [0.29, 0.717) is 5.25 Å². The zero-order valence-electron chi connectivity index (χ0n) is 7.17. The molecule has 0 unspecified atom stereocenters. The molecule has 0 spiro atoms. The highest BCUT2D eigenvalue weighted by Crippen LogP contribution is 2.19. The van der Waals surface area contributed by atoms with Gasteiger partial charge >= 0.3 is 0 Å². The van der Waals surface area contributed by atoms with Gasteiger partial charge < -0.3 is 4.72 Å². The zero-order chi connectivity index (χ0) is 8.97. The fraction of sp³-hybridized carbons (Fsp3) is 0.333. The molecule has 1 aromatic rings. The van der Waals surface area contributed by atoms with Crippen molar-refractivity contribution in [1.82, 2.24) is 0 Å². The first-order valence-corrected chi connectivity index (χ1v) is 5.11. The van der Waals surface area contributed by atoms with Gasteiger partial charge in [0.15, 0.2) is 0 Å². The summed E-state index contributed by atoms with van der Waals surface area (Å²) in [5, 5.41) is 1.34. The maximum absolute atomic E-state index is 5.81. The summed E-state index contributed by atoms with van der Waals surface area (Å²) in [5.74, 6) is 0. The summed E-state index contributed by atoms with van der Waals surface area (Å²) in [5.41, 5.74) is 1.06. The van der Waals surface area contributed by atoms with Crippen molar-refractivity contribution in [2.24, 2.45) is 0 Å². The van der Waals surface area contributed by atoms with Crippen LogP contribution in [0.4, 0.5) is 5.69 Å². The Bertz CT molecular complexity index is 250. The van der Waals surface area contributed by atoms with E-state index in [1.807, 2.05) is 24.3 Å². The third kappa shape index (κ3) is 3.37. The van der Waals surface area contributed by atoms with E-state index >= 15 is 0 Å². The van der Waals surface area contributed by atoms with Gasteiger partial charge in [-0.3, -0.25) is 0 Å². The molecule has 0 saturated carbocycles. The van der Waals surface area contributed by atoms with Gasteiger partial charge in [0, 0.05) is 16.0 Å². The quantitative estimate of drug-likeness (QED) is 0.747. The molecule has 12 heavy (non-hydrogen) atoms. The Morgan fingerprint density at radius 3 is 2.75 bits per heavy atom. The van der Waals surface area contributed by atoms with Gasteiger partial charge in [-0.1, -0.05) is 31.5 Å². The van der Waals surface area contributed by atoms with E-state index < -0.39 is 0 Å². The average molecular weight is 202 g/mol. The van der Waals surface area contributed by atoms with Gasteiger partial charge in [-0.15, -0.1) is 0 Å². The number of nitrogens with one attached hydrogen (secondary N) is 1. The first kappa shape index (κ1) is 9.75. The van der Waals surface area contributed by atoms with Crippen LogP contribution in [-0.2, 0) is 0 Å². The van der Waals surface area contributed by atoms with Crippen LogP contribution in [0.2, 0.25) is 5.02 Å². The number of benzene rings is 1. The lowest BCUT2D eigenvalue weighted by atomic mass is 10.3. The number of rotatable bonds is 3. The van der Waals surface area contributed by atoms with E-state index in [1.54, 1.807) is 11.9 Å². The van der Waals surface area contributed by atoms with Crippen molar-refractivity contribution in [3.05, 3.63) is 29.3 Å². The van der Waals surface area contributed by atoms with Crippen LogP contribution < -0.4 is 4.72 Å². The highest BCUT2D eigenvalue weighted by Gasteiger charge is 1.95. The minimum atomic E-state index is 0.573. The van der Waals surface area contributed by atoms with Crippen LogP contribution >= 0.6 is 23.5 Å². The van der Waals surface area contributed by atoms with Crippen molar-refractivity contribution in [2.45, 2.75) is 19.1 Å². The van der Waals surface area contributed by atoms with Crippen LogP contribution in [0.3, 0.4) is 0 Å². The van der Waals surface area contributed by atoms with E-state index in [1.165, 1.54) is 0 Å². The molecule has 0 radical (unpaired) electrons. The van der Waals surface area contributed by atoms with Gasteiger partial charge in [-0.05, 0) is 30.1 Å². The Kier molecular flexibility index (Phi) is 3.76. The number of anilines is 1. The Morgan fingerprint density at radius 2 is 2.17 bits per heavy atom. The molecule has 0 aromatic heterocycles. The first-order valence-electron chi connectivity index (χ1n) is 3.85. The molecule has 0 heterocycles. The van der Waals surface area contributed by atoms with E-state index in [-0.39, 0.29) is 0 Å². The molecule has 1 N–H and O–H groups in total. The summed E-state index contributed by atoms with van der Waals surface area (Å²) in [6, 6.07) is 7.72. The molecule has 66 valence electrons. The van der Waals surface area contributed by atoms with Crippen LogP contribution in [0.1, 0.15) is 13.8 Å². The summed E-state index contributed by atoms with van der Waals surface area (Å²) in [6.07, 6.45) is 0. The smallest absolute Gasteiger partial charge is 0.0454 e. The average Bonchev–Trinajstić information content (AvgIpc) is 2.01. The maximum Gasteiger partial charge on any atom is 0.0454 e. The molecule has 0 aliphatic carbocycles. The Labute approximate surface area is 82.6 Å². The monoisotopic (exact) mass is 201 g/mol. The fourth-order valence-electron chi connectivity index (χ4n) is 0.738. The largest absolute Gasteiger partial charge is 0.329 e. The predicted octanol–water partition coefficient (Wildman–Crippen LogP) is 3.81. The van der Waals surface area contributed by atoms with Crippen LogP contribution in [0, 0.1) is 0 Å². The van der Waals surface area contributed by atoms with Crippen LogP contribution in [0.25, 0.3) is 0 Å². The summed E-state index contributed by atoms with van der Waals surface area (Å²) in [7, 11) is 0. The second kappa shape index (κ2) is 4.63. The molecule has 0 saturated heterocycles. The van der Waals surface area contributed by atoms with Crippen molar-refractivity contribution < 1.29 is 0 Å². The molecule has 1 aromatic carbocycles. The second-order valence-electron chi connectivity index (χ2n) is 2.78. The molecular weight excluding hydrogens is 190 g/mol. The van der Waals surface area contributed by atoms with Crippen molar-refractivity contribution in [3.63, 3.8) is 0 Å². The molecule has 1 nitrogen and oxygen atoms in total. The van der Waals surface area contributed by atoms with Gasteiger partial charge in [0.05, 0.1) is 0 Å². The normalized spacial score (nSPS) is 10.3. The molecule has 3 heteroatoms. The molecule has 1 rings (SSSR count). The fourth-order valence-corrected chi connectivity index (χ4v) is 1.43. The van der Waals surface area contributed by atoms with E-state index in [4.69, 9.17) is 11.6 Å². The zero-order valence-corrected chi connectivity index (χ0v) is 8.75. The highest BCUT2D eigenvalue weighted by atomic mass is 35.5. The number of hydrogen-bond acceptors (Lipinski definition) is 2. The minimum absolute atomic E-state index is 0.573. The lowest BCUT2D eigenvalue weighted by molar-refractivity contribution is 1.12. The summed E-state index contributed by atoms with van der Waals surface area (Å²) in [6.45, 7) is 4.28.